The van der Waals surface area contributed by atoms with Gasteiger partial charge in [-0.1, -0.05) is 23.7 Å². The molecule has 0 fully saturated rings. The number of amides is 1. The van der Waals surface area contributed by atoms with E-state index in [1.54, 1.807) is 6.07 Å². The Morgan fingerprint density at radius 1 is 1.39 bits per heavy atom. The Labute approximate surface area is 142 Å². The first-order valence-electron chi connectivity index (χ1n) is 8.09. The first kappa shape index (κ1) is 18.0. The second-order valence-electron chi connectivity index (χ2n) is 5.31. The molecule has 0 bridgehead atoms. The largest absolute Gasteiger partial charge is 0.492 e. The molecule has 0 saturated heterocycles. The van der Waals surface area contributed by atoms with Crippen molar-refractivity contribution in [3.63, 3.8) is 0 Å². The number of nitrogens with one attached hydrogen (secondary N) is 1. The molecule has 0 unspecified atom stereocenters. The number of fused-ring (bicyclic) bond motifs is 1. The lowest BCUT2D eigenvalue weighted by molar-refractivity contribution is -0.153. The van der Waals surface area contributed by atoms with Crippen molar-refractivity contribution in [3.8, 4) is 5.75 Å². The molecular weight excluding hydrogens is 318 g/mol. The molecule has 1 aliphatic heterocycles. The third-order valence-corrected chi connectivity index (χ3v) is 3.95. The fraction of sp³-hybridized carbons (Fsp3) is 0.588. The minimum Gasteiger partial charge on any atom is -0.492 e. The maximum atomic E-state index is 12.3. The molecule has 1 aromatic carbocycles. The van der Waals surface area contributed by atoms with Crippen LogP contribution >= 0.6 is 11.6 Å². The molecule has 0 spiro atoms. The molecule has 1 atom stereocenters. The van der Waals surface area contributed by atoms with Crippen molar-refractivity contribution < 1.29 is 19.0 Å². The van der Waals surface area contributed by atoms with Gasteiger partial charge in [0, 0.05) is 18.8 Å². The van der Waals surface area contributed by atoms with E-state index in [1.165, 1.54) is 0 Å². The van der Waals surface area contributed by atoms with Crippen LogP contribution in [0.2, 0.25) is 5.02 Å². The summed E-state index contributed by atoms with van der Waals surface area (Å²) in [5.41, 5.74) is 0.924. The summed E-state index contributed by atoms with van der Waals surface area (Å²) in [6.07, 6.45) is 1.34. The van der Waals surface area contributed by atoms with Gasteiger partial charge in [0.1, 0.15) is 5.75 Å². The van der Waals surface area contributed by atoms with E-state index in [1.807, 2.05) is 26.0 Å². The Bertz CT molecular complexity index is 517. The molecule has 0 aromatic heterocycles. The highest BCUT2D eigenvalue weighted by Gasteiger charge is 2.24. The summed E-state index contributed by atoms with van der Waals surface area (Å²) in [6.45, 7) is 5.38. The van der Waals surface area contributed by atoms with Gasteiger partial charge in [0.2, 0.25) is 5.91 Å². The van der Waals surface area contributed by atoms with Gasteiger partial charge in [0.05, 0.1) is 24.1 Å². The molecule has 1 N–H and O–H groups in total. The maximum absolute atomic E-state index is 12.3. The van der Waals surface area contributed by atoms with Crippen molar-refractivity contribution in [2.75, 3.05) is 19.8 Å². The van der Waals surface area contributed by atoms with E-state index in [0.29, 0.717) is 30.6 Å². The van der Waals surface area contributed by atoms with E-state index < -0.39 is 6.29 Å². The number of halogens is 1. The molecule has 6 heteroatoms. The van der Waals surface area contributed by atoms with E-state index in [0.717, 1.165) is 18.4 Å². The summed E-state index contributed by atoms with van der Waals surface area (Å²) in [4.78, 5) is 12.3. The summed E-state index contributed by atoms with van der Waals surface area (Å²) in [6, 6.07) is 5.51. The smallest absolute Gasteiger partial charge is 0.225 e. The topological polar surface area (TPSA) is 56.8 Å². The summed E-state index contributed by atoms with van der Waals surface area (Å²) < 4.78 is 16.6. The Morgan fingerprint density at radius 2 is 2.13 bits per heavy atom. The maximum Gasteiger partial charge on any atom is 0.225 e. The van der Waals surface area contributed by atoms with Crippen LogP contribution in [-0.2, 0) is 14.3 Å². The zero-order valence-corrected chi connectivity index (χ0v) is 14.4. The number of benzene rings is 1. The Kier molecular flexibility index (Phi) is 7.15. The number of rotatable bonds is 7. The van der Waals surface area contributed by atoms with Gasteiger partial charge in [-0.2, -0.15) is 0 Å². The van der Waals surface area contributed by atoms with E-state index in [-0.39, 0.29) is 18.4 Å². The van der Waals surface area contributed by atoms with Crippen molar-refractivity contribution in [2.45, 2.75) is 45.4 Å². The molecule has 1 amide bonds. The van der Waals surface area contributed by atoms with Crippen LogP contribution in [0.15, 0.2) is 18.2 Å². The molecule has 1 aromatic rings. The zero-order valence-electron chi connectivity index (χ0n) is 13.6. The number of carbonyl (C=O) groups excluding carboxylic acids is 1. The van der Waals surface area contributed by atoms with E-state index in [9.17, 15) is 4.79 Å². The molecule has 2 rings (SSSR count). The molecule has 23 heavy (non-hydrogen) atoms. The molecule has 5 nitrogen and oxygen atoms in total. The summed E-state index contributed by atoms with van der Waals surface area (Å²) in [7, 11) is 0. The van der Waals surface area contributed by atoms with Gasteiger partial charge in [-0.05, 0) is 32.8 Å². The summed E-state index contributed by atoms with van der Waals surface area (Å²) in [5.74, 6) is 0.567. The first-order valence-corrected chi connectivity index (χ1v) is 8.47. The predicted molar refractivity (Wildman–Crippen MR) is 88.7 cm³/mol. The Morgan fingerprint density at radius 3 is 2.83 bits per heavy atom. The lowest BCUT2D eigenvalue weighted by Gasteiger charge is -2.21. The van der Waals surface area contributed by atoms with Crippen LogP contribution < -0.4 is 10.1 Å². The zero-order chi connectivity index (χ0) is 16.7. The van der Waals surface area contributed by atoms with Gasteiger partial charge in [-0.25, -0.2) is 0 Å². The molecular formula is C17H24ClNO4. The second kappa shape index (κ2) is 9.11. The number of ether oxygens (including phenoxy) is 3. The van der Waals surface area contributed by atoms with Crippen LogP contribution in [0, 0.1) is 0 Å². The molecule has 0 aliphatic carbocycles. The van der Waals surface area contributed by atoms with Gasteiger partial charge < -0.3 is 19.5 Å². The first-order chi connectivity index (χ1) is 11.2. The monoisotopic (exact) mass is 341 g/mol. The SMILES string of the molecule is CCOC(CC(=O)N[C@@H]1CCCOc2c(Cl)cccc21)OCC. The molecule has 128 valence electrons. The Balaban J connectivity index is 2.04. The third kappa shape index (κ3) is 5.09. The van der Waals surface area contributed by atoms with Crippen LogP contribution in [0.5, 0.6) is 5.75 Å². The standard InChI is InChI=1S/C17H24ClNO4/c1-3-21-16(22-4-2)11-15(20)19-14-9-6-10-23-17-12(14)7-5-8-13(17)18/h5,7-8,14,16H,3-4,6,9-11H2,1-2H3,(H,19,20)/t14-/m1/s1. The van der Waals surface area contributed by atoms with Crippen molar-refractivity contribution >= 4 is 17.5 Å². The molecule has 0 saturated carbocycles. The highest BCUT2D eigenvalue weighted by molar-refractivity contribution is 6.32. The fourth-order valence-electron chi connectivity index (χ4n) is 2.66. The highest BCUT2D eigenvalue weighted by atomic mass is 35.5. The van der Waals surface area contributed by atoms with E-state index >= 15 is 0 Å². The summed E-state index contributed by atoms with van der Waals surface area (Å²) in [5, 5.41) is 3.63. The lowest BCUT2D eigenvalue weighted by atomic mass is 10.0. The van der Waals surface area contributed by atoms with Gasteiger partial charge in [0.25, 0.3) is 0 Å². The third-order valence-electron chi connectivity index (χ3n) is 3.65. The van der Waals surface area contributed by atoms with Crippen molar-refractivity contribution in [1.82, 2.24) is 5.32 Å². The van der Waals surface area contributed by atoms with Crippen molar-refractivity contribution in [1.29, 1.82) is 0 Å². The average Bonchev–Trinajstić information content (AvgIpc) is 2.71. The van der Waals surface area contributed by atoms with Gasteiger partial charge in [0.15, 0.2) is 6.29 Å². The molecule has 1 aliphatic rings. The summed E-state index contributed by atoms with van der Waals surface area (Å²) >= 11 is 6.21. The lowest BCUT2D eigenvalue weighted by Crippen LogP contribution is -2.33. The van der Waals surface area contributed by atoms with Gasteiger partial charge >= 0.3 is 0 Å². The minimum atomic E-state index is -0.508. The van der Waals surface area contributed by atoms with Crippen LogP contribution in [0.1, 0.15) is 44.7 Å². The number of hydrogen-bond donors (Lipinski definition) is 1. The van der Waals surface area contributed by atoms with E-state index in [4.69, 9.17) is 25.8 Å². The number of hydrogen-bond acceptors (Lipinski definition) is 4. The predicted octanol–water partition coefficient (Wildman–Crippen LogP) is 3.46. The average molecular weight is 342 g/mol. The second-order valence-corrected chi connectivity index (χ2v) is 5.72. The quantitative estimate of drug-likeness (QED) is 0.772. The van der Waals surface area contributed by atoms with Crippen molar-refractivity contribution in [2.24, 2.45) is 0 Å². The molecule has 1 heterocycles. The van der Waals surface area contributed by atoms with E-state index in [2.05, 4.69) is 5.32 Å². The van der Waals surface area contributed by atoms with Crippen molar-refractivity contribution in [3.05, 3.63) is 28.8 Å². The van der Waals surface area contributed by atoms with Crippen LogP contribution in [0.3, 0.4) is 0 Å². The van der Waals surface area contributed by atoms with Gasteiger partial charge in [-0.15, -0.1) is 0 Å². The minimum absolute atomic E-state index is 0.102. The van der Waals surface area contributed by atoms with Gasteiger partial charge in [-0.3, -0.25) is 4.79 Å². The van der Waals surface area contributed by atoms with Crippen LogP contribution in [0.4, 0.5) is 0 Å². The van der Waals surface area contributed by atoms with Crippen LogP contribution in [-0.4, -0.2) is 32.0 Å². The fourth-order valence-corrected chi connectivity index (χ4v) is 2.90. The molecule has 0 radical (unpaired) electrons. The normalized spacial score (nSPS) is 17.3. The Hall–Kier alpha value is -1.30. The number of para-hydroxylation sites is 1. The van der Waals surface area contributed by atoms with Crippen LogP contribution in [0.25, 0.3) is 0 Å². The number of carbonyl (C=O) groups is 1. The highest BCUT2D eigenvalue weighted by Crippen LogP contribution is 2.36.